The maximum Gasteiger partial charge on any atom is 0.327 e. The number of hydrogen-bond donors (Lipinski definition) is 3. The molecule has 3 N–H and O–H groups in total. The minimum absolute atomic E-state index is 0.176. The Balaban J connectivity index is 2.18. The molecule has 0 aliphatic carbocycles. The van der Waals surface area contributed by atoms with E-state index in [2.05, 4.69) is 19.9 Å². The van der Waals surface area contributed by atoms with Gasteiger partial charge in [0.25, 0.3) is 5.56 Å². The lowest BCUT2D eigenvalue weighted by Gasteiger charge is -2.00. The van der Waals surface area contributed by atoms with Gasteiger partial charge in [-0.15, -0.1) is 0 Å². The standard InChI is InChI=1S/C9H10N4O3/c14-8-5-7(12-9(15)13-8)11-6(10-5)4-1-2-16-3-4/h4H,1-3H2,(H3,10,11,12,13,14,15). The van der Waals surface area contributed by atoms with Crippen molar-refractivity contribution in [1.82, 2.24) is 19.9 Å². The first-order valence-electron chi connectivity index (χ1n) is 5.04. The van der Waals surface area contributed by atoms with E-state index in [1.807, 2.05) is 0 Å². The minimum atomic E-state index is -0.543. The van der Waals surface area contributed by atoms with Crippen LogP contribution in [0, 0.1) is 0 Å². The summed E-state index contributed by atoms with van der Waals surface area (Å²) < 4.78 is 5.24. The first-order valence-corrected chi connectivity index (χ1v) is 5.04. The normalized spacial score (nSPS) is 20.6. The van der Waals surface area contributed by atoms with Crippen molar-refractivity contribution in [2.75, 3.05) is 13.2 Å². The highest BCUT2D eigenvalue weighted by Crippen LogP contribution is 2.23. The Morgan fingerprint density at radius 1 is 1.25 bits per heavy atom. The van der Waals surface area contributed by atoms with Gasteiger partial charge >= 0.3 is 5.69 Å². The summed E-state index contributed by atoms with van der Waals surface area (Å²) in [6, 6.07) is 0. The zero-order valence-corrected chi connectivity index (χ0v) is 8.37. The fourth-order valence-corrected chi connectivity index (χ4v) is 1.89. The summed E-state index contributed by atoms with van der Waals surface area (Å²) in [5, 5.41) is 0. The molecular formula is C9H10N4O3. The number of aromatic amines is 3. The molecule has 0 aromatic carbocycles. The number of rotatable bonds is 1. The smallest absolute Gasteiger partial charge is 0.327 e. The highest BCUT2D eigenvalue weighted by Gasteiger charge is 2.21. The van der Waals surface area contributed by atoms with Crippen molar-refractivity contribution in [2.45, 2.75) is 12.3 Å². The van der Waals surface area contributed by atoms with E-state index in [0.29, 0.717) is 30.2 Å². The first kappa shape index (κ1) is 9.34. The largest absolute Gasteiger partial charge is 0.381 e. The molecule has 7 heteroatoms. The van der Waals surface area contributed by atoms with Gasteiger partial charge in [-0.3, -0.25) is 14.8 Å². The van der Waals surface area contributed by atoms with Crippen molar-refractivity contribution in [2.24, 2.45) is 0 Å². The third-order valence-electron chi connectivity index (χ3n) is 2.72. The van der Waals surface area contributed by atoms with Crippen LogP contribution >= 0.6 is 0 Å². The van der Waals surface area contributed by atoms with Gasteiger partial charge in [0, 0.05) is 12.5 Å². The molecule has 1 saturated heterocycles. The van der Waals surface area contributed by atoms with Gasteiger partial charge in [-0.1, -0.05) is 0 Å². The Kier molecular flexibility index (Phi) is 1.93. The van der Waals surface area contributed by atoms with E-state index in [9.17, 15) is 9.59 Å². The lowest BCUT2D eigenvalue weighted by molar-refractivity contribution is 0.193. The van der Waals surface area contributed by atoms with Gasteiger partial charge in [0.1, 0.15) is 11.3 Å². The van der Waals surface area contributed by atoms with E-state index < -0.39 is 11.2 Å². The van der Waals surface area contributed by atoms with Gasteiger partial charge in [-0.05, 0) is 6.42 Å². The number of nitrogens with one attached hydrogen (secondary N) is 3. The zero-order chi connectivity index (χ0) is 11.1. The van der Waals surface area contributed by atoms with Crippen LogP contribution in [0.15, 0.2) is 9.59 Å². The van der Waals surface area contributed by atoms with E-state index in [1.54, 1.807) is 0 Å². The number of hydrogen-bond acceptors (Lipinski definition) is 4. The summed E-state index contributed by atoms with van der Waals surface area (Å²) in [5.41, 5.74) is -0.383. The highest BCUT2D eigenvalue weighted by molar-refractivity contribution is 5.68. The zero-order valence-electron chi connectivity index (χ0n) is 8.37. The fraction of sp³-hybridized carbons (Fsp3) is 0.444. The van der Waals surface area contributed by atoms with Crippen molar-refractivity contribution in [3.8, 4) is 0 Å². The number of imidazole rings is 1. The Morgan fingerprint density at radius 2 is 2.12 bits per heavy atom. The Labute approximate surface area is 88.9 Å². The molecule has 84 valence electrons. The molecule has 0 spiro atoms. The molecule has 1 unspecified atom stereocenters. The molecule has 3 heterocycles. The van der Waals surface area contributed by atoms with Gasteiger partial charge in [0.2, 0.25) is 0 Å². The SMILES string of the molecule is O=c1[nH]c(=O)c2[nH]c(C3CCOC3)nc2[nH]1. The van der Waals surface area contributed by atoms with Gasteiger partial charge in [0.15, 0.2) is 5.65 Å². The average Bonchev–Trinajstić information content (AvgIpc) is 2.82. The number of ether oxygens (including phenoxy) is 1. The second kappa shape index (κ2) is 3.31. The second-order valence-electron chi connectivity index (χ2n) is 3.81. The monoisotopic (exact) mass is 222 g/mol. The van der Waals surface area contributed by atoms with Crippen LogP contribution in [0.4, 0.5) is 0 Å². The van der Waals surface area contributed by atoms with Crippen LogP contribution in [0.5, 0.6) is 0 Å². The summed E-state index contributed by atoms with van der Waals surface area (Å²) in [6.07, 6.45) is 0.877. The van der Waals surface area contributed by atoms with Crippen molar-refractivity contribution < 1.29 is 4.74 Å². The third kappa shape index (κ3) is 1.36. The molecule has 1 aliphatic heterocycles. The van der Waals surface area contributed by atoms with Gasteiger partial charge in [-0.25, -0.2) is 9.78 Å². The molecule has 2 aromatic rings. The summed E-state index contributed by atoms with van der Waals surface area (Å²) in [7, 11) is 0. The van der Waals surface area contributed by atoms with Crippen LogP contribution < -0.4 is 11.2 Å². The van der Waals surface area contributed by atoms with Gasteiger partial charge in [0.05, 0.1) is 6.61 Å². The molecule has 16 heavy (non-hydrogen) atoms. The molecule has 3 rings (SSSR count). The quantitative estimate of drug-likeness (QED) is 0.601. The first-order chi connectivity index (χ1) is 7.74. The third-order valence-corrected chi connectivity index (χ3v) is 2.72. The summed E-state index contributed by atoms with van der Waals surface area (Å²) >= 11 is 0. The molecule has 2 aromatic heterocycles. The number of fused-ring (bicyclic) bond motifs is 1. The summed E-state index contributed by atoms with van der Waals surface area (Å²) in [5.74, 6) is 0.871. The Morgan fingerprint density at radius 3 is 2.88 bits per heavy atom. The molecule has 1 aliphatic rings. The number of aromatic nitrogens is 4. The topological polar surface area (TPSA) is 104 Å². The maximum absolute atomic E-state index is 11.4. The highest BCUT2D eigenvalue weighted by atomic mass is 16.5. The van der Waals surface area contributed by atoms with Crippen molar-refractivity contribution in [1.29, 1.82) is 0 Å². The molecular weight excluding hydrogens is 212 g/mol. The number of nitrogens with zero attached hydrogens (tertiary/aromatic N) is 1. The van der Waals surface area contributed by atoms with Crippen LogP contribution in [-0.2, 0) is 4.74 Å². The molecule has 1 fully saturated rings. The fourth-order valence-electron chi connectivity index (χ4n) is 1.89. The van der Waals surface area contributed by atoms with Crippen molar-refractivity contribution >= 4 is 11.2 Å². The van der Waals surface area contributed by atoms with Crippen LogP contribution in [0.3, 0.4) is 0 Å². The van der Waals surface area contributed by atoms with E-state index in [-0.39, 0.29) is 5.92 Å². The van der Waals surface area contributed by atoms with E-state index >= 15 is 0 Å². The predicted molar refractivity (Wildman–Crippen MR) is 55.5 cm³/mol. The molecule has 0 amide bonds. The number of H-pyrrole nitrogens is 3. The molecule has 1 atom stereocenters. The van der Waals surface area contributed by atoms with E-state index in [1.165, 1.54) is 0 Å². The minimum Gasteiger partial charge on any atom is -0.381 e. The predicted octanol–water partition coefficient (Wildman–Crippen LogP) is -0.557. The second-order valence-corrected chi connectivity index (χ2v) is 3.81. The average molecular weight is 222 g/mol. The lowest BCUT2D eigenvalue weighted by Crippen LogP contribution is -2.21. The van der Waals surface area contributed by atoms with Crippen LogP contribution in [0.2, 0.25) is 0 Å². The van der Waals surface area contributed by atoms with Gasteiger partial charge < -0.3 is 9.72 Å². The molecule has 0 radical (unpaired) electrons. The summed E-state index contributed by atoms with van der Waals surface area (Å²) in [4.78, 5) is 34.3. The van der Waals surface area contributed by atoms with Gasteiger partial charge in [-0.2, -0.15) is 0 Å². The van der Waals surface area contributed by atoms with Crippen LogP contribution in [0.25, 0.3) is 11.2 Å². The van der Waals surface area contributed by atoms with Crippen LogP contribution in [0.1, 0.15) is 18.2 Å². The van der Waals surface area contributed by atoms with E-state index in [0.717, 1.165) is 6.42 Å². The molecule has 7 nitrogen and oxygen atoms in total. The Hall–Kier alpha value is -1.89. The lowest BCUT2D eigenvalue weighted by atomic mass is 10.1. The molecule has 0 bridgehead atoms. The molecule has 0 saturated carbocycles. The van der Waals surface area contributed by atoms with Crippen LogP contribution in [-0.4, -0.2) is 33.1 Å². The van der Waals surface area contributed by atoms with Crippen molar-refractivity contribution in [3.05, 3.63) is 26.7 Å². The van der Waals surface area contributed by atoms with Crippen molar-refractivity contribution in [3.63, 3.8) is 0 Å². The summed E-state index contributed by atoms with van der Waals surface area (Å²) in [6.45, 7) is 1.30. The van der Waals surface area contributed by atoms with E-state index in [4.69, 9.17) is 4.74 Å². The Bertz CT molecular complexity index is 632. The maximum atomic E-state index is 11.4.